The van der Waals surface area contributed by atoms with Crippen molar-refractivity contribution in [1.82, 2.24) is 20.2 Å². The van der Waals surface area contributed by atoms with Gasteiger partial charge in [-0.05, 0) is 33.5 Å². The number of aryl methyl sites for hydroxylation is 1. The molecule has 2 amide bonds. The van der Waals surface area contributed by atoms with Crippen molar-refractivity contribution in [2.24, 2.45) is 0 Å². The van der Waals surface area contributed by atoms with Crippen LogP contribution in [0, 0.1) is 0 Å². The van der Waals surface area contributed by atoms with Crippen LogP contribution in [0.25, 0.3) is 0 Å². The average Bonchev–Trinajstić information content (AvgIpc) is 3.28. The summed E-state index contributed by atoms with van der Waals surface area (Å²) >= 11 is 3.05. The Morgan fingerprint density at radius 2 is 2.04 bits per heavy atom. The number of carbonyl (C=O) groups is 1. The maximum absolute atomic E-state index is 11.9. The van der Waals surface area contributed by atoms with Crippen molar-refractivity contribution in [1.29, 1.82) is 0 Å². The number of aromatic nitrogens is 2. The summed E-state index contributed by atoms with van der Waals surface area (Å²) in [6.45, 7) is 3.84. The van der Waals surface area contributed by atoms with E-state index >= 15 is 0 Å². The Bertz CT molecular complexity index is 687. The number of nitrogens with one attached hydrogen (secondary N) is 2. The largest absolute Gasteiger partial charge is 0.445 e. The van der Waals surface area contributed by atoms with Gasteiger partial charge >= 0.3 is 6.03 Å². The number of carbonyl (C=O) groups excluding carboxylic acids is 1. The van der Waals surface area contributed by atoms with Gasteiger partial charge in [0.05, 0.1) is 22.4 Å². The molecule has 0 radical (unpaired) electrons. The molecule has 0 unspecified atom stereocenters. The fourth-order valence-electron chi connectivity index (χ4n) is 2.34. The molecule has 0 bridgehead atoms. The SMILES string of the molecule is CCc1cnc(CSc2cnc(NC(=O)NCCCCCCN(C)C)s2)o1. The summed E-state index contributed by atoms with van der Waals surface area (Å²) in [4.78, 5) is 22.6. The van der Waals surface area contributed by atoms with Crippen LogP contribution in [-0.2, 0) is 12.2 Å². The third kappa shape index (κ3) is 8.77. The Morgan fingerprint density at radius 1 is 1.22 bits per heavy atom. The molecule has 27 heavy (non-hydrogen) atoms. The second-order valence-corrected chi connectivity index (χ2v) is 8.75. The Kier molecular flexibility index (Phi) is 9.65. The van der Waals surface area contributed by atoms with Gasteiger partial charge < -0.3 is 14.6 Å². The van der Waals surface area contributed by atoms with Gasteiger partial charge in [0.25, 0.3) is 0 Å². The van der Waals surface area contributed by atoms with E-state index in [-0.39, 0.29) is 6.03 Å². The minimum atomic E-state index is -0.200. The Morgan fingerprint density at radius 3 is 2.78 bits per heavy atom. The van der Waals surface area contributed by atoms with Crippen molar-refractivity contribution >= 4 is 34.3 Å². The molecule has 0 saturated heterocycles. The van der Waals surface area contributed by atoms with Crippen molar-refractivity contribution in [3.8, 4) is 0 Å². The average molecular weight is 412 g/mol. The summed E-state index contributed by atoms with van der Waals surface area (Å²) < 4.78 is 6.60. The number of anilines is 1. The zero-order valence-corrected chi connectivity index (χ0v) is 17.9. The number of unbranched alkanes of at least 4 members (excludes halogenated alkanes) is 3. The third-order valence-electron chi connectivity index (χ3n) is 3.81. The van der Waals surface area contributed by atoms with Crippen molar-refractivity contribution in [2.75, 3.05) is 32.5 Å². The van der Waals surface area contributed by atoms with Crippen LogP contribution in [0.3, 0.4) is 0 Å². The monoisotopic (exact) mass is 411 g/mol. The predicted molar refractivity (Wildman–Crippen MR) is 112 cm³/mol. The van der Waals surface area contributed by atoms with Crippen LogP contribution in [0.15, 0.2) is 21.0 Å². The van der Waals surface area contributed by atoms with Crippen LogP contribution in [-0.4, -0.2) is 48.1 Å². The first-order valence-corrected chi connectivity index (χ1v) is 11.1. The van der Waals surface area contributed by atoms with E-state index in [1.165, 1.54) is 24.2 Å². The number of urea groups is 1. The fourth-order valence-corrected chi connectivity index (χ4v) is 4.07. The molecule has 150 valence electrons. The number of hydrogen-bond acceptors (Lipinski definition) is 7. The highest BCUT2D eigenvalue weighted by molar-refractivity contribution is 8.00. The Hall–Kier alpha value is -1.58. The van der Waals surface area contributed by atoms with E-state index in [9.17, 15) is 4.79 Å². The molecule has 0 fully saturated rings. The quantitative estimate of drug-likeness (QED) is 0.402. The number of nitrogens with zero attached hydrogens (tertiary/aromatic N) is 3. The number of thioether (sulfide) groups is 1. The highest BCUT2D eigenvalue weighted by Gasteiger charge is 2.09. The van der Waals surface area contributed by atoms with Crippen LogP contribution in [0.2, 0.25) is 0 Å². The van der Waals surface area contributed by atoms with E-state index in [1.807, 2.05) is 6.92 Å². The molecule has 0 spiro atoms. The second-order valence-electron chi connectivity index (χ2n) is 6.45. The van der Waals surface area contributed by atoms with Gasteiger partial charge in [-0.15, -0.1) is 11.8 Å². The standard InChI is InChI=1S/C18H29N5O2S2/c1-4-14-11-20-15(25-14)13-26-16-12-21-18(27-16)22-17(24)19-9-7-5-6-8-10-23(2)3/h11-12H,4-10,13H2,1-3H3,(H2,19,21,22,24). The van der Waals surface area contributed by atoms with Crippen molar-refractivity contribution in [3.63, 3.8) is 0 Å². The van der Waals surface area contributed by atoms with Crippen LogP contribution in [0.4, 0.5) is 9.93 Å². The minimum absolute atomic E-state index is 0.200. The first-order chi connectivity index (χ1) is 13.1. The number of thiazole rings is 1. The highest BCUT2D eigenvalue weighted by Crippen LogP contribution is 2.30. The summed E-state index contributed by atoms with van der Waals surface area (Å²) in [6.07, 6.45) is 8.90. The summed E-state index contributed by atoms with van der Waals surface area (Å²) in [5, 5.41) is 6.27. The maximum atomic E-state index is 11.9. The van der Waals surface area contributed by atoms with Gasteiger partial charge in [0.15, 0.2) is 5.13 Å². The second kappa shape index (κ2) is 12.0. The van der Waals surface area contributed by atoms with Crippen molar-refractivity contribution in [3.05, 3.63) is 24.0 Å². The van der Waals surface area contributed by atoms with Crippen molar-refractivity contribution in [2.45, 2.75) is 49.0 Å². The fraction of sp³-hybridized carbons (Fsp3) is 0.611. The molecular weight excluding hydrogens is 382 g/mol. The molecule has 2 aromatic heterocycles. The zero-order chi connectivity index (χ0) is 19.5. The van der Waals surface area contributed by atoms with E-state index in [1.54, 1.807) is 24.2 Å². The van der Waals surface area contributed by atoms with Gasteiger partial charge in [-0.1, -0.05) is 31.1 Å². The minimum Gasteiger partial charge on any atom is -0.445 e. The summed E-state index contributed by atoms with van der Waals surface area (Å²) in [7, 11) is 4.18. The lowest BCUT2D eigenvalue weighted by Crippen LogP contribution is -2.29. The molecule has 0 aliphatic rings. The van der Waals surface area contributed by atoms with E-state index in [2.05, 4.69) is 39.6 Å². The van der Waals surface area contributed by atoms with Gasteiger partial charge in [-0.25, -0.2) is 14.8 Å². The zero-order valence-electron chi connectivity index (χ0n) is 16.3. The number of hydrogen-bond donors (Lipinski definition) is 2. The molecule has 2 aromatic rings. The third-order valence-corrected chi connectivity index (χ3v) is 5.90. The molecule has 2 N–H and O–H groups in total. The van der Waals surface area contributed by atoms with E-state index in [0.717, 1.165) is 35.8 Å². The molecule has 2 rings (SSSR count). The van der Waals surface area contributed by atoms with Crippen LogP contribution in [0.1, 0.15) is 44.3 Å². The molecule has 0 saturated carbocycles. The highest BCUT2D eigenvalue weighted by atomic mass is 32.2. The van der Waals surface area contributed by atoms with Crippen molar-refractivity contribution < 1.29 is 9.21 Å². The molecular formula is C18H29N5O2S2. The molecule has 0 aliphatic carbocycles. The summed E-state index contributed by atoms with van der Waals surface area (Å²) in [5.41, 5.74) is 0. The normalized spacial score (nSPS) is 11.1. The molecule has 0 aromatic carbocycles. The van der Waals surface area contributed by atoms with Gasteiger partial charge in [-0.2, -0.15) is 0 Å². The topological polar surface area (TPSA) is 83.3 Å². The first-order valence-electron chi connectivity index (χ1n) is 9.28. The lowest BCUT2D eigenvalue weighted by molar-refractivity contribution is 0.252. The lowest BCUT2D eigenvalue weighted by Gasteiger charge is -2.09. The summed E-state index contributed by atoms with van der Waals surface area (Å²) in [6, 6.07) is -0.200. The molecule has 2 heterocycles. The van der Waals surface area contributed by atoms with Crippen LogP contribution in [0.5, 0.6) is 0 Å². The van der Waals surface area contributed by atoms with E-state index in [4.69, 9.17) is 4.42 Å². The lowest BCUT2D eigenvalue weighted by atomic mass is 10.2. The molecule has 0 atom stereocenters. The van der Waals surface area contributed by atoms with E-state index in [0.29, 0.717) is 23.3 Å². The van der Waals surface area contributed by atoms with Gasteiger partial charge in [-0.3, -0.25) is 5.32 Å². The number of oxazole rings is 1. The summed E-state index contributed by atoms with van der Waals surface area (Å²) in [5.74, 6) is 2.26. The van der Waals surface area contributed by atoms with Crippen LogP contribution >= 0.6 is 23.1 Å². The Labute approximate surface area is 169 Å². The number of amides is 2. The van der Waals surface area contributed by atoms with Gasteiger partial charge in [0.1, 0.15) is 5.76 Å². The smallest absolute Gasteiger partial charge is 0.321 e. The van der Waals surface area contributed by atoms with Crippen LogP contribution < -0.4 is 10.6 Å². The maximum Gasteiger partial charge on any atom is 0.321 e. The van der Waals surface area contributed by atoms with E-state index < -0.39 is 0 Å². The predicted octanol–water partition coefficient (Wildman–Crippen LogP) is 4.23. The molecule has 9 heteroatoms. The number of rotatable bonds is 12. The van der Waals surface area contributed by atoms with Gasteiger partial charge in [0, 0.05) is 13.0 Å². The Balaban J connectivity index is 1.59. The first kappa shape index (κ1) is 21.7. The molecule has 7 nitrogen and oxygen atoms in total. The van der Waals surface area contributed by atoms with Gasteiger partial charge in [0.2, 0.25) is 5.89 Å². The molecule has 0 aliphatic heterocycles.